The molecule has 0 atom stereocenters. The molecule has 2 heterocycles. The number of hydrogen-bond donors (Lipinski definition) is 2. The zero-order valence-electron chi connectivity index (χ0n) is 14.0. The summed E-state index contributed by atoms with van der Waals surface area (Å²) in [6.45, 7) is 1.42. The van der Waals surface area contributed by atoms with E-state index in [-0.39, 0.29) is 5.56 Å². The van der Waals surface area contributed by atoms with Gasteiger partial charge in [-0.05, 0) is 17.7 Å². The van der Waals surface area contributed by atoms with Gasteiger partial charge in [-0.2, -0.15) is 5.10 Å². The number of rotatable bonds is 7. The van der Waals surface area contributed by atoms with Crippen molar-refractivity contribution in [1.29, 1.82) is 0 Å². The van der Waals surface area contributed by atoms with Gasteiger partial charge in [0.25, 0.3) is 5.56 Å². The summed E-state index contributed by atoms with van der Waals surface area (Å²) in [6.07, 6.45) is 5.31. The number of aromatic amines is 1. The fraction of sp³-hybridized carbons (Fsp3) is 0.235. The third kappa shape index (κ3) is 4.24. The quantitative estimate of drug-likeness (QED) is 0.601. The molecule has 0 fully saturated rings. The average molecular weight is 394 g/mol. The molecule has 7 nitrogen and oxygen atoms in total. The first-order valence-corrected chi connectivity index (χ1v) is 8.61. The van der Waals surface area contributed by atoms with Gasteiger partial charge in [0.1, 0.15) is 5.52 Å². The Balaban J connectivity index is 1.76. The molecular weight excluding hydrogens is 377 g/mol. The molecule has 26 heavy (non-hydrogen) atoms. The Kier molecular flexibility index (Phi) is 5.92. The molecule has 0 saturated carbocycles. The van der Waals surface area contributed by atoms with Crippen molar-refractivity contribution >= 4 is 40.2 Å². The van der Waals surface area contributed by atoms with Gasteiger partial charge < -0.3 is 10.1 Å². The largest absolute Gasteiger partial charge is 0.381 e. The van der Waals surface area contributed by atoms with Crippen molar-refractivity contribution in [1.82, 2.24) is 19.7 Å². The number of benzene rings is 1. The number of H-pyrrole nitrogens is 1. The number of allylic oxidation sites excluding steroid dienone is 1. The molecule has 3 rings (SSSR count). The van der Waals surface area contributed by atoms with Crippen molar-refractivity contribution in [2.75, 3.05) is 19.0 Å². The van der Waals surface area contributed by atoms with Gasteiger partial charge >= 0.3 is 0 Å². The lowest BCUT2D eigenvalue weighted by atomic mass is 10.2. The number of methoxy groups -OCH3 is 1. The van der Waals surface area contributed by atoms with E-state index in [1.165, 1.54) is 0 Å². The highest BCUT2D eigenvalue weighted by molar-refractivity contribution is 6.42. The molecule has 136 valence electrons. The summed E-state index contributed by atoms with van der Waals surface area (Å²) in [5.41, 5.74) is 1.60. The molecule has 9 heteroatoms. The highest BCUT2D eigenvalue weighted by atomic mass is 35.5. The van der Waals surface area contributed by atoms with Gasteiger partial charge in [-0.15, -0.1) is 0 Å². The van der Waals surface area contributed by atoms with Crippen molar-refractivity contribution in [2.24, 2.45) is 0 Å². The molecule has 0 bridgehead atoms. The zero-order chi connectivity index (χ0) is 18.5. The van der Waals surface area contributed by atoms with Crippen LogP contribution in [0.5, 0.6) is 0 Å². The Morgan fingerprint density at radius 3 is 2.92 bits per heavy atom. The van der Waals surface area contributed by atoms with Crippen LogP contribution in [0.2, 0.25) is 10.0 Å². The van der Waals surface area contributed by atoms with E-state index in [4.69, 9.17) is 27.9 Å². The number of nitrogens with one attached hydrogen (secondary N) is 2. The fourth-order valence-electron chi connectivity index (χ4n) is 2.40. The van der Waals surface area contributed by atoms with Crippen LogP contribution in [0.25, 0.3) is 11.0 Å². The summed E-state index contributed by atoms with van der Waals surface area (Å²) in [6, 6.07) is 5.33. The molecule has 0 amide bonds. The molecule has 3 aromatic rings. The minimum absolute atomic E-state index is 0.260. The number of hydrogen-bond acceptors (Lipinski definition) is 5. The van der Waals surface area contributed by atoms with Crippen molar-refractivity contribution in [3.05, 3.63) is 62.5 Å². The zero-order valence-corrected chi connectivity index (χ0v) is 15.5. The summed E-state index contributed by atoms with van der Waals surface area (Å²) in [4.78, 5) is 19.5. The molecule has 0 unspecified atom stereocenters. The summed E-state index contributed by atoms with van der Waals surface area (Å²) in [5, 5.41) is 8.26. The van der Waals surface area contributed by atoms with Gasteiger partial charge in [0, 0.05) is 13.7 Å². The standard InChI is InChI=1S/C17H17Cl2N5O2/c1-26-7-3-2-6-24-15-14(10-21-24)22-17(23-16(15)25)20-9-11-4-5-12(18)13(19)8-11/h2-5,8,10H,6-7,9H2,1H3,(H2,20,22,23,25). The predicted molar refractivity (Wildman–Crippen MR) is 103 cm³/mol. The Morgan fingerprint density at radius 2 is 2.15 bits per heavy atom. The summed E-state index contributed by atoms with van der Waals surface area (Å²) in [5.74, 6) is 0.364. The molecular formula is C17H17Cl2N5O2. The van der Waals surface area contributed by atoms with Crippen molar-refractivity contribution in [2.45, 2.75) is 13.1 Å². The first kappa shape index (κ1) is 18.4. The summed E-state index contributed by atoms with van der Waals surface area (Å²) >= 11 is 11.9. The second kappa shape index (κ2) is 8.35. The van der Waals surface area contributed by atoms with Crippen molar-refractivity contribution < 1.29 is 4.74 Å². The topological polar surface area (TPSA) is 84.8 Å². The lowest BCUT2D eigenvalue weighted by Crippen LogP contribution is -2.16. The van der Waals surface area contributed by atoms with Gasteiger partial charge in [-0.1, -0.05) is 41.4 Å². The Labute approximate surface area is 159 Å². The molecule has 0 aliphatic heterocycles. The van der Waals surface area contributed by atoms with Gasteiger partial charge in [-0.25, -0.2) is 4.98 Å². The van der Waals surface area contributed by atoms with Crippen molar-refractivity contribution in [3.8, 4) is 0 Å². The van der Waals surface area contributed by atoms with E-state index in [9.17, 15) is 4.79 Å². The first-order chi connectivity index (χ1) is 12.6. The monoisotopic (exact) mass is 393 g/mol. The van der Waals surface area contributed by atoms with E-state index >= 15 is 0 Å². The van der Waals surface area contributed by atoms with E-state index in [0.29, 0.717) is 46.7 Å². The number of halogens is 2. The minimum atomic E-state index is -0.260. The van der Waals surface area contributed by atoms with Crippen LogP contribution in [-0.2, 0) is 17.8 Å². The van der Waals surface area contributed by atoms with Crippen LogP contribution in [-0.4, -0.2) is 33.5 Å². The number of ether oxygens (including phenoxy) is 1. The Hall–Kier alpha value is -2.35. The van der Waals surface area contributed by atoms with Gasteiger partial charge in [0.15, 0.2) is 5.52 Å². The molecule has 0 aliphatic carbocycles. The maximum Gasteiger partial charge on any atom is 0.278 e. The second-order valence-electron chi connectivity index (χ2n) is 5.50. The van der Waals surface area contributed by atoms with E-state index in [1.54, 1.807) is 30.1 Å². The smallest absolute Gasteiger partial charge is 0.278 e. The Morgan fingerprint density at radius 1 is 1.31 bits per heavy atom. The van der Waals surface area contributed by atoms with Crippen LogP contribution in [0.4, 0.5) is 5.95 Å². The maximum absolute atomic E-state index is 12.4. The van der Waals surface area contributed by atoms with Crippen LogP contribution in [0.3, 0.4) is 0 Å². The molecule has 0 saturated heterocycles. The average Bonchev–Trinajstić information content (AvgIpc) is 3.03. The Bertz CT molecular complexity index is 996. The van der Waals surface area contributed by atoms with Crippen LogP contribution in [0.1, 0.15) is 5.56 Å². The van der Waals surface area contributed by atoms with Crippen LogP contribution >= 0.6 is 23.2 Å². The highest BCUT2D eigenvalue weighted by Crippen LogP contribution is 2.22. The molecule has 2 aromatic heterocycles. The number of anilines is 1. The number of aromatic nitrogens is 4. The van der Waals surface area contributed by atoms with E-state index in [0.717, 1.165) is 5.56 Å². The predicted octanol–water partition coefficient (Wildman–Crippen LogP) is 3.24. The molecule has 0 radical (unpaired) electrons. The van der Waals surface area contributed by atoms with Crippen LogP contribution < -0.4 is 10.9 Å². The number of fused-ring (bicyclic) bond motifs is 1. The third-order valence-corrected chi connectivity index (χ3v) is 4.39. The second-order valence-corrected chi connectivity index (χ2v) is 6.32. The van der Waals surface area contributed by atoms with E-state index in [2.05, 4.69) is 20.4 Å². The maximum atomic E-state index is 12.4. The third-order valence-electron chi connectivity index (χ3n) is 3.65. The summed E-state index contributed by atoms with van der Waals surface area (Å²) < 4.78 is 6.54. The van der Waals surface area contributed by atoms with Gasteiger partial charge in [0.2, 0.25) is 5.95 Å². The first-order valence-electron chi connectivity index (χ1n) is 7.86. The molecule has 2 N–H and O–H groups in total. The van der Waals surface area contributed by atoms with E-state index < -0.39 is 0 Å². The lowest BCUT2D eigenvalue weighted by Gasteiger charge is -2.07. The molecule has 0 spiro atoms. The fourth-order valence-corrected chi connectivity index (χ4v) is 2.72. The van der Waals surface area contributed by atoms with Gasteiger partial charge in [-0.3, -0.25) is 14.5 Å². The van der Waals surface area contributed by atoms with Crippen molar-refractivity contribution in [3.63, 3.8) is 0 Å². The van der Waals surface area contributed by atoms with Crippen LogP contribution in [0.15, 0.2) is 41.3 Å². The minimum Gasteiger partial charge on any atom is -0.381 e. The highest BCUT2D eigenvalue weighted by Gasteiger charge is 2.10. The van der Waals surface area contributed by atoms with E-state index in [1.807, 2.05) is 18.2 Å². The molecule has 0 aliphatic rings. The SMILES string of the molecule is COCC=CCn1ncc2nc(NCc3ccc(Cl)c(Cl)c3)[nH]c(=O)c21. The van der Waals surface area contributed by atoms with Crippen LogP contribution in [0, 0.1) is 0 Å². The molecule has 1 aromatic carbocycles. The van der Waals surface area contributed by atoms with Gasteiger partial charge in [0.05, 0.1) is 29.4 Å². The number of nitrogens with zero attached hydrogens (tertiary/aromatic N) is 3. The normalized spacial score (nSPS) is 11.5. The lowest BCUT2D eigenvalue weighted by molar-refractivity contribution is 0.233. The summed E-state index contributed by atoms with van der Waals surface area (Å²) in [7, 11) is 1.62.